The number of carbonyl (C=O) groups excluding carboxylic acids is 1. The van der Waals surface area contributed by atoms with Gasteiger partial charge in [-0.1, -0.05) is 27.7 Å². The monoisotopic (exact) mass is 269 g/mol. The average Bonchev–Trinajstić information content (AvgIpc) is 2.26. The van der Waals surface area contributed by atoms with E-state index in [2.05, 4.69) is 27.7 Å². The van der Waals surface area contributed by atoms with Crippen LogP contribution in [0.3, 0.4) is 0 Å². The van der Waals surface area contributed by atoms with E-state index in [4.69, 9.17) is 5.11 Å². The Kier molecular flexibility index (Phi) is 8.12. The topological polar surface area (TPSA) is 57.6 Å². The SMILES string of the molecule is C/C(=C/C(=O)O)C(=O)N(CCC(C)C)CCC(C)C. The fraction of sp³-hybridized carbons (Fsp3) is 0.733. The molecule has 0 aromatic heterocycles. The zero-order valence-corrected chi connectivity index (χ0v) is 12.8. The zero-order chi connectivity index (χ0) is 15.0. The van der Waals surface area contributed by atoms with Crippen LogP contribution < -0.4 is 0 Å². The number of carboxylic acid groups (broad SMARTS) is 1. The van der Waals surface area contributed by atoms with E-state index in [9.17, 15) is 9.59 Å². The van der Waals surface area contributed by atoms with Gasteiger partial charge in [-0.25, -0.2) is 4.79 Å². The summed E-state index contributed by atoms with van der Waals surface area (Å²) >= 11 is 0. The Labute approximate surface area is 116 Å². The van der Waals surface area contributed by atoms with Crippen LogP contribution in [-0.2, 0) is 9.59 Å². The van der Waals surface area contributed by atoms with Gasteiger partial charge in [-0.2, -0.15) is 0 Å². The average molecular weight is 269 g/mol. The summed E-state index contributed by atoms with van der Waals surface area (Å²) in [6.45, 7) is 11.4. The number of aliphatic carboxylic acids is 1. The second kappa shape index (κ2) is 8.73. The Bertz CT molecular complexity index is 320. The van der Waals surface area contributed by atoms with Crippen molar-refractivity contribution in [3.05, 3.63) is 11.6 Å². The third-order valence-corrected chi connectivity index (χ3v) is 2.92. The highest BCUT2D eigenvalue weighted by Crippen LogP contribution is 2.10. The summed E-state index contributed by atoms with van der Waals surface area (Å²) < 4.78 is 0. The first-order chi connectivity index (χ1) is 8.73. The lowest BCUT2D eigenvalue weighted by molar-refractivity contribution is -0.132. The Balaban J connectivity index is 4.70. The Hall–Kier alpha value is -1.32. The van der Waals surface area contributed by atoms with Gasteiger partial charge in [-0.15, -0.1) is 0 Å². The molecule has 0 aromatic rings. The van der Waals surface area contributed by atoms with Gasteiger partial charge in [-0.3, -0.25) is 4.79 Å². The first kappa shape index (κ1) is 17.7. The maximum Gasteiger partial charge on any atom is 0.328 e. The highest BCUT2D eigenvalue weighted by Gasteiger charge is 2.16. The largest absolute Gasteiger partial charge is 0.478 e. The van der Waals surface area contributed by atoms with Gasteiger partial charge in [0.2, 0.25) is 5.91 Å². The number of amides is 1. The molecule has 4 nitrogen and oxygen atoms in total. The number of carboxylic acids is 1. The predicted octanol–water partition coefficient (Wildman–Crippen LogP) is 2.94. The van der Waals surface area contributed by atoms with E-state index in [0.29, 0.717) is 30.5 Å². The molecule has 110 valence electrons. The molecule has 0 saturated heterocycles. The molecule has 0 aliphatic rings. The van der Waals surface area contributed by atoms with Gasteiger partial charge in [0.1, 0.15) is 0 Å². The summed E-state index contributed by atoms with van der Waals surface area (Å²) in [7, 11) is 0. The van der Waals surface area contributed by atoms with Gasteiger partial charge in [0, 0.05) is 24.7 Å². The normalized spacial score (nSPS) is 12.1. The van der Waals surface area contributed by atoms with Crippen LogP contribution >= 0.6 is 0 Å². The van der Waals surface area contributed by atoms with E-state index < -0.39 is 5.97 Å². The lowest BCUT2D eigenvalue weighted by Gasteiger charge is -2.24. The fourth-order valence-corrected chi connectivity index (χ4v) is 1.64. The molecular weight excluding hydrogens is 242 g/mol. The molecule has 0 aromatic carbocycles. The molecule has 19 heavy (non-hydrogen) atoms. The molecule has 4 heteroatoms. The van der Waals surface area contributed by atoms with Crippen molar-refractivity contribution in [2.75, 3.05) is 13.1 Å². The van der Waals surface area contributed by atoms with Crippen molar-refractivity contribution in [2.24, 2.45) is 11.8 Å². The van der Waals surface area contributed by atoms with Crippen LogP contribution in [0.5, 0.6) is 0 Å². The van der Waals surface area contributed by atoms with Crippen LogP contribution in [0.25, 0.3) is 0 Å². The summed E-state index contributed by atoms with van der Waals surface area (Å²) in [6, 6.07) is 0. The van der Waals surface area contributed by atoms with Crippen molar-refractivity contribution < 1.29 is 14.7 Å². The van der Waals surface area contributed by atoms with Crippen LogP contribution in [0, 0.1) is 11.8 Å². The van der Waals surface area contributed by atoms with Crippen molar-refractivity contribution in [1.82, 2.24) is 4.90 Å². The van der Waals surface area contributed by atoms with E-state index in [1.165, 1.54) is 0 Å². The molecule has 0 spiro atoms. The fourth-order valence-electron chi connectivity index (χ4n) is 1.64. The van der Waals surface area contributed by atoms with Gasteiger partial charge in [0.15, 0.2) is 0 Å². The van der Waals surface area contributed by atoms with Crippen LogP contribution in [0.2, 0.25) is 0 Å². The minimum atomic E-state index is -1.07. The number of hydrogen-bond donors (Lipinski definition) is 1. The molecule has 0 aliphatic heterocycles. The zero-order valence-electron chi connectivity index (χ0n) is 12.8. The van der Waals surface area contributed by atoms with Crippen LogP contribution in [0.1, 0.15) is 47.5 Å². The van der Waals surface area contributed by atoms with Gasteiger partial charge in [-0.05, 0) is 31.6 Å². The maximum atomic E-state index is 12.2. The molecule has 0 heterocycles. The standard InChI is InChI=1S/C15H27NO3/c1-11(2)6-8-16(9-7-12(3)4)15(19)13(5)10-14(17)18/h10-12H,6-9H2,1-5H3,(H,17,18)/b13-10-. The summed E-state index contributed by atoms with van der Waals surface area (Å²) in [5, 5.41) is 8.70. The second-order valence-corrected chi connectivity index (χ2v) is 5.82. The molecule has 0 fully saturated rings. The predicted molar refractivity (Wildman–Crippen MR) is 76.9 cm³/mol. The molecule has 0 saturated carbocycles. The maximum absolute atomic E-state index is 12.2. The van der Waals surface area contributed by atoms with E-state index >= 15 is 0 Å². The Morgan fingerprint density at radius 2 is 1.47 bits per heavy atom. The molecule has 0 rings (SSSR count). The molecule has 0 unspecified atom stereocenters. The quantitative estimate of drug-likeness (QED) is 0.689. The molecule has 0 aliphatic carbocycles. The van der Waals surface area contributed by atoms with Crippen LogP contribution in [0.15, 0.2) is 11.6 Å². The minimum Gasteiger partial charge on any atom is -0.478 e. The van der Waals surface area contributed by atoms with Crippen LogP contribution in [-0.4, -0.2) is 35.0 Å². The molecule has 0 radical (unpaired) electrons. The lowest BCUT2D eigenvalue weighted by Crippen LogP contribution is -2.34. The first-order valence-electron chi connectivity index (χ1n) is 6.94. The van der Waals surface area contributed by atoms with Crippen molar-refractivity contribution >= 4 is 11.9 Å². The third kappa shape index (κ3) is 8.41. The van der Waals surface area contributed by atoms with Crippen molar-refractivity contribution in [2.45, 2.75) is 47.5 Å². The van der Waals surface area contributed by atoms with Gasteiger partial charge < -0.3 is 10.0 Å². The van der Waals surface area contributed by atoms with E-state index in [-0.39, 0.29) is 5.91 Å². The Morgan fingerprint density at radius 1 is 1.05 bits per heavy atom. The highest BCUT2D eigenvalue weighted by atomic mass is 16.4. The smallest absolute Gasteiger partial charge is 0.328 e. The highest BCUT2D eigenvalue weighted by molar-refractivity contribution is 5.98. The van der Waals surface area contributed by atoms with E-state index in [1.807, 2.05) is 0 Å². The third-order valence-electron chi connectivity index (χ3n) is 2.92. The number of hydrogen-bond acceptors (Lipinski definition) is 2. The van der Waals surface area contributed by atoms with Crippen molar-refractivity contribution in [3.63, 3.8) is 0 Å². The molecule has 0 bridgehead atoms. The van der Waals surface area contributed by atoms with E-state index in [0.717, 1.165) is 18.9 Å². The summed E-state index contributed by atoms with van der Waals surface area (Å²) in [5.74, 6) is -0.182. The van der Waals surface area contributed by atoms with Gasteiger partial charge >= 0.3 is 5.97 Å². The number of nitrogens with zero attached hydrogens (tertiary/aromatic N) is 1. The van der Waals surface area contributed by atoms with Crippen molar-refractivity contribution in [3.8, 4) is 0 Å². The van der Waals surface area contributed by atoms with Gasteiger partial charge in [0.25, 0.3) is 0 Å². The van der Waals surface area contributed by atoms with E-state index in [1.54, 1.807) is 11.8 Å². The lowest BCUT2D eigenvalue weighted by atomic mass is 10.1. The number of carbonyl (C=O) groups is 2. The van der Waals surface area contributed by atoms with Crippen molar-refractivity contribution in [1.29, 1.82) is 0 Å². The van der Waals surface area contributed by atoms with Gasteiger partial charge in [0.05, 0.1) is 0 Å². The first-order valence-corrected chi connectivity index (χ1v) is 6.94. The second-order valence-electron chi connectivity index (χ2n) is 5.82. The minimum absolute atomic E-state index is 0.163. The molecule has 1 amide bonds. The number of rotatable bonds is 8. The van der Waals surface area contributed by atoms with Crippen LogP contribution in [0.4, 0.5) is 0 Å². The summed E-state index contributed by atoms with van der Waals surface area (Å²) in [6.07, 6.45) is 2.86. The molecule has 1 N–H and O–H groups in total. The Morgan fingerprint density at radius 3 is 1.79 bits per heavy atom. The summed E-state index contributed by atoms with van der Waals surface area (Å²) in [4.78, 5) is 24.6. The molecule has 0 atom stereocenters. The summed E-state index contributed by atoms with van der Waals surface area (Å²) in [5.41, 5.74) is 0.292. The molecular formula is C15H27NO3.